The summed E-state index contributed by atoms with van der Waals surface area (Å²) in [6.07, 6.45) is 0.0869. The van der Waals surface area contributed by atoms with Crippen LogP contribution in [-0.2, 0) is 14.3 Å². The Kier molecular flexibility index (Phi) is 6.25. The van der Waals surface area contributed by atoms with Crippen molar-refractivity contribution in [1.29, 1.82) is 0 Å². The second-order valence-corrected chi connectivity index (χ2v) is 6.08. The summed E-state index contributed by atoms with van der Waals surface area (Å²) in [6.45, 7) is 0.902. The summed E-state index contributed by atoms with van der Waals surface area (Å²) in [5.41, 5.74) is 0. The molecule has 1 N–H and O–H groups in total. The number of amides is 1. The molecule has 1 heterocycles. The van der Waals surface area contributed by atoms with Crippen molar-refractivity contribution in [3.8, 4) is 5.75 Å². The lowest BCUT2D eigenvalue weighted by Crippen LogP contribution is -2.29. The normalized spacial score (nSPS) is 11.4. The van der Waals surface area contributed by atoms with Gasteiger partial charge >= 0.3 is 11.0 Å². The maximum absolute atomic E-state index is 11.8. The smallest absolute Gasteiger partial charge is 0.347 e. The number of anilines is 1. The molecule has 0 aliphatic rings. The van der Waals surface area contributed by atoms with E-state index in [9.17, 15) is 19.7 Å². The van der Waals surface area contributed by atoms with E-state index in [-0.39, 0.29) is 10.1 Å². The molecule has 2 rings (SSSR count). The number of rotatable bonds is 7. The van der Waals surface area contributed by atoms with Gasteiger partial charge in [-0.1, -0.05) is 11.6 Å². The van der Waals surface area contributed by atoms with Crippen LogP contribution in [0.4, 0.5) is 10.1 Å². The van der Waals surface area contributed by atoms with Gasteiger partial charge in [-0.3, -0.25) is 20.2 Å². The number of carbonyl (C=O) groups excluding carboxylic acids is 2. The molecule has 0 saturated heterocycles. The van der Waals surface area contributed by atoms with E-state index in [1.807, 2.05) is 0 Å². The van der Waals surface area contributed by atoms with Crippen LogP contribution in [-0.4, -0.2) is 34.5 Å². The molecule has 9 nitrogen and oxygen atoms in total. The number of ether oxygens (including phenoxy) is 2. The van der Waals surface area contributed by atoms with Crippen molar-refractivity contribution >= 4 is 44.9 Å². The predicted octanol–water partition coefficient (Wildman–Crippen LogP) is 2.65. The van der Waals surface area contributed by atoms with Crippen LogP contribution in [0.5, 0.6) is 5.75 Å². The Hall–Kier alpha value is -2.72. The van der Waals surface area contributed by atoms with E-state index in [4.69, 9.17) is 21.1 Å². The van der Waals surface area contributed by atoms with Crippen LogP contribution in [0.2, 0.25) is 5.02 Å². The van der Waals surface area contributed by atoms with E-state index in [0.29, 0.717) is 22.1 Å². The van der Waals surface area contributed by atoms with Crippen LogP contribution in [0.25, 0.3) is 0 Å². The van der Waals surface area contributed by atoms with Gasteiger partial charge in [0, 0.05) is 5.02 Å². The van der Waals surface area contributed by atoms with Gasteiger partial charge in [0.15, 0.2) is 17.8 Å². The highest BCUT2D eigenvalue weighted by Crippen LogP contribution is 2.24. The number of esters is 1. The van der Waals surface area contributed by atoms with Crippen LogP contribution >= 0.6 is 22.9 Å². The van der Waals surface area contributed by atoms with Crippen molar-refractivity contribution in [2.24, 2.45) is 0 Å². The van der Waals surface area contributed by atoms with Crippen LogP contribution in [0, 0.1) is 10.1 Å². The summed E-state index contributed by atoms with van der Waals surface area (Å²) >= 11 is 6.44. The topological polar surface area (TPSA) is 121 Å². The van der Waals surface area contributed by atoms with Gasteiger partial charge < -0.3 is 9.47 Å². The first-order valence-electron chi connectivity index (χ1n) is 6.84. The first-order valence-corrected chi connectivity index (χ1v) is 8.03. The average molecular weight is 386 g/mol. The van der Waals surface area contributed by atoms with Gasteiger partial charge in [0.25, 0.3) is 5.91 Å². The molecule has 2 aromatic rings. The minimum atomic E-state index is -0.935. The Bertz CT molecular complexity index is 779. The third-order valence-corrected chi connectivity index (χ3v) is 3.84. The maximum atomic E-state index is 11.8. The van der Waals surface area contributed by atoms with Gasteiger partial charge in [-0.15, -0.1) is 0 Å². The lowest BCUT2D eigenvalue weighted by molar-refractivity contribution is -0.380. The largest absolute Gasteiger partial charge is 0.479 e. The number of hydrogen-bond donors (Lipinski definition) is 1. The van der Waals surface area contributed by atoms with Gasteiger partial charge in [-0.05, 0) is 42.5 Å². The Labute approximate surface area is 150 Å². The Morgan fingerprint density at radius 1 is 1.40 bits per heavy atom. The highest BCUT2D eigenvalue weighted by atomic mass is 35.5. The SMILES string of the molecule is CC(Oc1ccc(Cl)cc1)C(=O)OCC(=O)Nc1ncc([N+](=O)[O-])s1. The van der Waals surface area contributed by atoms with E-state index >= 15 is 0 Å². The van der Waals surface area contributed by atoms with E-state index in [2.05, 4.69) is 10.3 Å². The number of benzene rings is 1. The summed E-state index contributed by atoms with van der Waals surface area (Å²) < 4.78 is 10.2. The van der Waals surface area contributed by atoms with Crippen molar-refractivity contribution in [2.45, 2.75) is 13.0 Å². The van der Waals surface area contributed by atoms with E-state index < -0.39 is 29.5 Å². The predicted molar refractivity (Wildman–Crippen MR) is 89.9 cm³/mol. The van der Waals surface area contributed by atoms with Gasteiger partial charge in [0.1, 0.15) is 11.9 Å². The molecule has 0 aliphatic carbocycles. The molecule has 0 spiro atoms. The molecular formula is C14H12ClN3O6S. The molecule has 1 atom stereocenters. The number of thiazole rings is 1. The molecule has 1 amide bonds. The first-order chi connectivity index (χ1) is 11.8. The molecule has 0 bridgehead atoms. The zero-order chi connectivity index (χ0) is 18.4. The monoisotopic (exact) mass is 385 g/mol. The number of nitro groups is 1. The second kappa shape index (κ2) is 8.40. The second-order valence-electron chi connectivity index (χ2n) is 4.63. The lowest BCUT2D eigenvalue weighted by Gasteiger charge is -2.13. The number of hydrogen-bond acceptors (Lipinski definition) is 8. The Morgan fingerprint density at radius 2 is 2.08 bits per heavy atom. The highest BCUT2D eigenvalue weighted by Gasteiger charge is 2.19. The van der Waals surface area contributed by atoms with Crippen LogP contribution in [0.3, 0.4) is 0 Å². The first kappa shape index (κ1) is 18.6. The van der Waals surface area contributed by atoms with E-state index in [1.165, 1.54) is 6.92 Å². The molecule has 0 saturated carbocycles. The van der Waals surface area contributed by atoms with E-state index in [1.54, 1.807) is 24.3 Å². The molecule has 1 unspecified atom stereocenters. The summed E-state index contributed by atoms with van der Waals surface area (Å²) in [5.74, 6) is -0.986. The molecular weight excluding hydrogens is 374 g/mol. The van der Waals surface area contributed by atoms with Gasteiger partial charge in [-0.2, -0.15) is 0 Å². The molecule has 0 radical (unpaired) electrons. The molecule has 1 aromatic carbocycles. The third kappa shape index (κ3) is 5.69. The van der Waals surface area contributed by atoms with Crippen molar-refractivity contribution in [3.05, 3.63) is 45.6 Å². The standard InChI is InChI=1S/C14H12ClN3O6S/c1-8(24-10-4-2-9(15)3-5-10)13(20)23-7-11(19)17-14-16-6-12(25-14)18(21)22/h2-6,8H,7H2,1H3,(H,16,17,19). The molecule has 11 heteroatoms. The van der Waals surface area contributed by atoms with Crippen molar-refractivity contribution < 1.29 is 24.0 Å². The van der Waals surface area contributed by atoms with Crippen LogP contribution < -0.4 is 10.1 Å². The van der Waals surface area contributed by atoms with Gasteiger partial charge in [-0.25, -0.2) is 9.78 Å². The zero-order valence-electron chi connectivity index (χ0n) is 12.8. The number of carbonyl (C=O) groups is 2. The number of nitrogens with zero attached hydrogens (tertiary/aromatic N) is 2. The number of aromatic nitrogens is 1. The fraction of sp³-hybridized carbons (Fsp3) is 0.214. The number of halogens is 1. The maximum Gasteiger partial charge on any atom is 0.347 e. The summed E-state index contributed by atoms with van der Waals surface area (Å²) in [4.78, 5) is 37.1. The van der Waals surface area contributed by atoms with Crippen molar-refractivity contribution in [1.82, 2.24) is 4.98 Å². The quantitative estimate of drug-likeness (QED) is 0.441. The molecule has 0 fully saturated rings. The Balaban J connectivity index is 1.78. The highest BCUT2D eigenvalue weighted by molar-refractivity contribution is 7.18. The fourth-order valence-corrected chi connectivity index (χ4v) is 2.36. The molecule has 0 aliphatic heterocycles. The van der Waals surface area contributed by atoms with E-state index in [0.717, 1.165) is 6.20 Å². The minimum absolute atomic E-state index is 0.0400. The van der Waals surface area contributed by atoms with Gasteiger partial charge in [0.05, 0.1) is 4.92 Å². The fourth-order valence-electron chi connectivity index (χ4n) is 1.58. The number of nitrogens with one attached hydrogen (secondary N) is 1. The van der Waals surface area contributed by atoms with Crippen LogP contribution in [0.1, 0.15) is 6.92 Å². The summed E-state index contributed by atoms with van der Waals surface area (Å²) in [6, 6.07) is 6.40. The Morgan fingerprint density at radius 3 is 2.68 bits per heavy atom. The van der Waals surface area contributed by atoms with Gasteiger partial charge in [0.2, 0.25) is 0 Å². The lowest BCUT2D eigenvalue weighted by atomic mass is 10.3. The minimum Gasteiger partial charge on any atom is -0.479 e. The summed E-state index contributed by atoms with van der Waals surface area (Å²) in [5, 5.41) is 13.2. The third-order valence-electron chi connectivity index (χ3n) is 2.72. The average Bonchev–Trinajstić information content (AvgIpc) is 3.03. The zero-order valence-corrected chi connectivity index (χ0v) is 14.4. The van der Waals surface area contributed by atoms with Crippen molar-refractivity contribution in [2.75, 3.05) is 11.9 Å². The molecule has 132 valence electrons. The van der Waals surface area contributed by atoms with Crippen molar-refractivity contribution in [3.63, 3.8) is 0 Å². The summed E-state index contributed by atoms with van der Waals surface area (Å²) in [7, 11) is 0. The molecule has 25 heavy (non-hydrogen) atoms. The van der Waals surface area contributed by atoms with Crippen LogP contribution in [0.15, 0.2) is 30.5 Å². The molecule has 1 aromatic heterocycles.